The molecule has 2 rings (SSSR count). The van der Waals surface area contributed by atoms with Crippen molar-refractivity contribution in [3.8, 4) is 0 Å². The number of fused-ring (bicyclic) bond motifs is 1. The molecule has 0 bridgehead atoms. The number of halogens is 1. The van der Waals surface area contributed by atoms with Crippen LogP contribution in [0.5, 0.6) is 0 Å². The molecule has 0 aliphatic rings. The van der Waals surface area contributed by atoms with E-state index in [1.165, 1.54) is 0 Å². The maximum Gasteiger partial charge on any atom is 0.203 e. The van der Waals surface area contributed by atoms with Gasteiger partial charge in [0.25, 0.3) is 0 Å². The summed E-state index contributed by atoms with van der Waals surface area (Å²) in [6, 6.07) is 8.17. The van der Waals surface area contributed by atoms with Gasteiger partial charge in [-0.2, -0.15) is 0 Å². The van der Waals surface area contributed by atoms with Crippen molar-refractivity contribution in [3.63, 3.8) is 0 Å². The van der Waals surface area contributed by atoms with E-state index in [1.54, 1.807) is 0 Å². The molecule has 1 aromatic carbocycles. The Hall–Kier alpha value is -1.22. The van der Waals surface area contributed by atoms with Crippen LogP contribution in [0.1, 0.15) is 26.7 Å². The number of benzene rings is 1. The van der Waals surface area contributed by atoms with Gasteiger partial charge in [0.15, 0.2) is 0 Å². The molecule has 19 heavy (non-hydrogen) atoms. The highest BCUT2D eigenvalue weighted by atomic mass is 35.5. The smallest absolute Gasteiger partial charge is 0.203 e. The van der Waals surface area contributed by atoms with Crippen molar-refractivity contribution < 1.29 is 0 Å². The van der Waals surface area contributed by atoms with E-state index in [4.69, 9.17) is 11.6 Å². The van der Waals surface area contributed by atoms with Gasteiger partial charge in [0.1, 0.15) is 0 Å². The second-order valence-corrected chi connectivity index (χ2v) is 5.44. The molecule has 0 amide bonds. The summed E-state index contributed by atoms with van der Waals surface area (Å²) >= 11 is 6.14. The Bertz CT molecular complexity index is 535. The molecular weight excluding hydrogens is 258 g/mol. The van der Waals surface area contributed by atoms with Crippen LogP contribution >= 0.6 is 11.6 Å². The lowest BCUT2D eigenvalue weighted by atomic mass is 9.84. The van der Waals surface area contributed by atoms with Gasteiger partial charge in [-0.1, -0.05) is 26.0 Å². The maximum atomic E-state index is 6.14. The number of hydrogen-bond acceptors (Lipinski definition) is 2. The van der Waals surface area contributed by atoms with Gasteiger partial charge in [-0.25, -0.2) is 4.98 Å². The van der Waals surface area contributed by atoms with Gasteiger partial charge >= 0.3 is 0 Å². The lowest BCUT2D eigenvalue weighted by Gasteiger charge is -2.29. The first-order valence-corrected chi connectivity index (χ1v) is 7.40. The fourth-order valence-corrected chi connectivity index (χ4v) is 2.78. The molecule has 3 nitrogen and oxygen atoms in total. The number of aryl methyl sites for hydroxylation is 1. The number of aromatic nitrogens is 2. The number of hydrogen-bond donors (Lipinski definition) is 1. The summed E-state index contributed by atoms with van der Waals surface area (Å²) in [7, 11) is 2.04. The summed E-state index contributed by atoms with van der Waals surface area (Å²) in [6.45, 7) is 5.26. The molecule has 1 N–H and O–H groups in total. The molecule has 0 aliphatic heterocycles. The van der Waals surface area contributed by atoms with Crippen LogP contribution in [-0.4, -0.2) is 22.0 Å². The minimum absolute atomic E-state index is 0.152. The first-order chi connectivity index (χ1) is 9.15. The van der Waals surface area contributed by atoms with E-state index < -0.39 is 0 Å². The van der Waals surface area contributed by atoms with E-state index in [2.05, 4.69) is 34.8 Å². The number of nitrogens with zero attached hydrogens (tertiary/aromatic N) is 2. The van der Waals surface area contributed by atoms with E-state index >= 15 is 0 Å². The summed E-state index contributed by atoms with van der Waals surface area (Å²) in [5.41, 5.74) is 2.33. The Labute approximate surface area is 120 Å². The Balaban J connectivity index is 2.20. The number of para-hydroxylation sites is 2. The molecule has 0 spiro atoms. The minimum atomic E-state index is 0.152. The summed E-state index contributed by atoms with van der Waals surface area (Å²) < 4.78 is 2.10. The van der Waals surface area contributed by atoms with E-state index in [9.17, 15) is 0 Å². The highest BCUT2D eigenvalue weighted by Gasteiger charge is 2.25. The zero-order valence-electron chi connectivity index (χ0n) is 11.9. The van der Waals surface area contributed by atoms with Gasteiger partial charge in [0.2, 0.25) is 5.95 Å². The Morgan fingerprint density at radius 1 is 1.26 bits per heavy atom. The van der Waals surface area contributed by atoms with Crippen LogP contribution in [0.2, 0.25) is 0 Å². The van der Waals surface area contributed by atoms with Gasteiger partial charge in [0.05, 0.1) is 11.0 Å². The van der Waals surface area contributed by atoms with Crippen LogP contribution in [0.4, 0.5) is 5.95 Å². The van der Waals surface area contributed by atoms with Gasteiger partial charge < -0.3 is 9.88 Å². The molecule has 2 aromatic rings. The van der Waals surface area contributed by atoms with E-state index in [0.717, 1.165) is 36.4 Å². The van der Waals surface area contributed by atoms with E-state index in [1.807, 2.05) is 25.2 Å². The number of rotatable bonds is 6. The largest absolute Gasteiger partial charge is 0.355 e. The average Bonchev–Trinajstić information content (AvgIpc) is 2.78. The lowest BCUT2D eigenvalue weighted by Crippen LogP contribution is -2.31. The predicted molar refractivity (Wildman–Crippen MR) is 82.9 cm³/mol. The summed E-state index contributed by atoms with van der Waals surface area (Å²) in [6.07, 6.45) is 2.15. The first-order valence-electron chi connectivity index (χ1n) is 6.87. The number of anilines is 1. The highest BCUT2D eigenvalue weighted by molar-refractivity contribution is 6.18. The summed E-state index contributed by atoms with van der Waals surface area (Å²) in [5.74, 6) is 1.59. The van der Waals surface area contributed by atoms with Gasteiger partial charge in [-0.3, -0.25) is 0 Å². The average molecular weight is 280 g/mol. The Morgan fingerprint density at radius 3 is 2.53 bits per heavy atom. The standard InChI is InChI=1S/C15H22ClN3/c1-4-15(5-2,10-16)11-17-14-18-12-8-6-7-9-13(12)19(14)3/h6-9H,4-5,10-11H2,1-3H3,(H,17,18). The number of nitrogens with one attached hydrogen (secondary N) is 1. The summed E-state index contributed by atoms with van der Waals surface area (Å²) in [4.78, 5) is 4.63. The molecule has 104 valence electrons. The fraction of sp³-hybridized carbons (Fsp3) is 0.533. The normalized spacial score (nSPS) is 12.0. The summed E-state index contributed by atoms with van der Waals surface area (Å²) in [5, 5.41) is 3.46. The van der Waals surface area contributed by atoms with Crippen molar-refractivity contribution in [1.82, 2.24) is 9.55 Å². The molecular formula is C15H22ClN3. The van der Waals surface area contributed by atoms with E-state index in [-0.39, 0.29) is 5.41 Å². The molecule has 1 aromatic heterocycles. The SMILES string of the molecule is CCC(CC)(CCl)CNc1nc2ccccc2n1C. The van der Waals surface area contributed by atoms with Gasteiger partial charge in [-0.05, 0) is 25.0 Å². The zero-order valence-corrected chi connectivity index (χ0v) is 12.7. The van der Waals surface area contributed by atoms with Gasteiger partial charge in [0, 0.05) is 24.9 Å². The number of imidazole rings is 1. The topological polar surface area (TPSA) is 29.9 Å². The monoisotopic (exact) mass is 279 g/mol. The van der Waals surface area contributed by atoms with Crippen LogP contribution in [0.15, 0.2) is 24.3 Å². The number of alkyl halides is 1. The third-order valence-corrected chi connectivity index (χ3v) is 4.76. The van der Waals surface area contributed by atoms with Crippen LogP contribution in [0, 0.1) is 5.41 Å². The van der Waals surface area contributed by atoms with Crippen LogP contribution in [-0.2, 0) is 7.05 Å². The highest BCUT2D eigenvalue weighted by Crippen LogP contribution is 2.28. The molecule has 0 saturated carbocycles. The van der Waals surface area contributed by atoms with E-state index in [0.29, 0.717) is 5.88 Å². The second-order valence-electron chi connectivity index (χ2n) is 5.18. The lowest BCUT2D eigenvalue weighted by molar-refractivity contribution is 0.326. The molecule has 1 heterocycles. The first kappa shape index (κ1) is 14.2. The molecule has 4 heteroatoms. The van der Waals surface area contributed by atoms with Crippen molar-refractivity contribution in [2.24, 2.45) is 12.5 Å². The maximum absolute atomic E-state index is 6.14. The third kappa shape index (κ3) is 2.71. The zero-order chi connectivity index (χ0) is 13.9. The van der Waals surface area contributed by atoms with Crippen molar-refractivity contribution >= 4 is 28.6 Å². The Kier molecular flexibility index (Phi) is 4.35. The van der Waals surface area contributed by atoms with Crippen molar-refractivity contribution in [3.05, 3.63) is 24.3 Å². The van der Waals surface area contributed by atoms with Crippen LogP contribution in [0.3, 0.4) is 0 Å². The predicted octanol–water partition coefficient (Wildman–Crippen LogP) is 4.03. The quantitative estimate of drug-likeness (QED) is 0.809. The fourth-order valence-electron chi connectivity index (χ4n) is 2.31. The second kappa shape index (κ2) is 5.83. The molecule has 0 radical (unpaired) electrons. The van der Waals surface area contributed by atoms with Crippen molar-refractivity contribution in [1.29, 1.82) is 0 Å². The molecule has 0 fully saturated rings. The third-order valence-electron chi connectivity index (χ3n) is 4.19. The van der Waals surface area contributed by atoms with Crippen LogP contribution in [0.25, 0.3) is 11.0 Å². The van der Waals surface area contributed by atoms with Crippen LogP contribution < -0.4 is 5.32 Å². The molecule has 0 unspecified atom stereocenters. The van der Waals surface area contributed by atoms with Crippen molar-refractivity contribution in [2.45, 2.75) is 26.7 Å². The van der Waals surface area contributed by atoms with Gasteiger partial charge in [-0.15, -0.1) is 11.6 Å². The Morgan fingerprint density at radius 2 is 1.95 bits per heavy atom. The molecule has 0 atom stereocenters. The minimum Gasteiger partial charge on any atom is -0.355 e. The molecule has 0 saturated heterocycles. The van der Waals surface area contributed by atoms with Crippen molar-refractivity contribution in [2.75, 3.05) is 17.7 Å². The molecule has 0 aliphatic carbocycles.